The minimum Gasteiger partial charge on any atom is -0.482 e. The number of hydrogen-bond donors (Lipinski definition) is 2. The van der Waals surface area contributed by atoms with Gasteiger partial charge in [0.2, 0.25) is 5.91 Å². The highest BCUT2D eigenvalue weighted by atomic mass is 16.5. The van der Waals surface area contributed by atoms with Crippen molar-refractivity contribution in [3.63, 3.8) is 0 Å². The first kappa shape index (κ1) is 13.4. The van der Waals surface area contributed by atoms with Crippen LogP contribution in [-0.2, 0) is 9.59 Å². The summed E-state index contributed by atoms with van der Waals surface area (Å²) >= 11 is 0. The molecule has 0 spiro atoms. The van der Waals surface area contributed by atoms with Crippen molar-refractivity contribution in [2.24, 2.45) is 5.92 Å². The standard InChI is InChI=1S/C14H17NO4/c1-9(15-14(18)11-2-3-11)10-4-6-12(7-5-10)19-8-13(16)17/h4-7,9,11H,2-3,8H2,1H3,(H,15,18)(H,16,17). The van der Waals surface area contributed by atoms with Gasteiger partial charge in [-0.2, -0.15) is 0 Å². The lowest BCUT2D eigenvalue weighted by Crippen LogP contribution is -2.27. The molecule has 1 amide bonds. The lowest BCUT2D eigenvalue weighted by molar-refractivity contribution is -0.139. The van der Waals surface area contributed by atoms with E-state index in [9.17, 15) is 9.59 Å². The normalized spacial score (nSPS) is 15.6. The third-order valence-electron chi connectivity index (χ3n) is 3.05. The summed E-state index contributed by atoms with van der Waals surface area (Å²) in [6, 6.07) is 7.02. The van der Waals surface area contributed by atoms with Crippen LogP contribution in [0.25, 0.3) is 0 Å². The second-order valence-corrected chi connectivity index (χ2v) is 4.76. The van der Waals surface area contributed by atoms with Gasteiger partial charge in [0.05, 0.1) is 6.04 Å². The Morgan fingerprint density at radius 2 is 2.00 bits per heavy atom. The van der Waals surface area contributed by atoms with Gasteiger partial charge in [-0.15, -0.1) is 0 Å². The van der Waals surface area contributed by atoms with Crippen LogP contribution in [0.5, 0.6) is 5.75 Å². The van der Waals surface area contributed by atoms with Crippen LogP contribution in [0.1, 0.15) is 31.4 Å². The summed E-state index contributed by atoms with van der Waals surface area (Å²) in [6.07, 6.45) is 1.97. The van der Waals surface area contributed by atoms with E-state index in [-0.39, 0.29) is 24.5 Å². The van der Waals surface area contributed by atoms with E-state index < -0.39 is 5.97 Å². The molecular weight excluding hydrogens is 246 g/mol. The topological polar surface area (TPSA) is 75.6 Å². The van der Waals surface area contributed by atoms with E-state index in [0.717, 1.165) is 18.4 Å². The predicted octanol–water partition coefficient (Wildman–Crippen LogP) is 1.74. The third-order valence-corrected chi connectivity index (χ3v) is 3.05. The number of carbonyl (C=O) groups is 2. The van der Waals surface area contributed by atoms with Crippen molar-refractivity contribution in [2.45, 2.75) is 25.8 Å². The van der Waals surface area contributed by atoms with Crippen LogP contribution in [0.2, 0.25) is 0 Å². The quantitative estimate of drug-likeness (QED) is 0.819. The van der Waals surface area contributed by atoms with Crippen molar-refractivity contribution in [1.82, 2.24) is 5.32 Å². The van der Waals surface area contributed by atoms with Gasteiger partial charge in [0.25, 0.3) is 0 Å². The minimum atomic E-state index is -1.01. The first-order valence-electron chi connectivity index (χ1n) is 6.31. The molecule has 102 valence electrons. The Balaban J connectivity index is 1.89. The zero-order valence-corrected chi connectivity index (χ0v) is 10.8. The molecule has 0 saturated heterocycles. The van der Waals surface area contributed by atoms with Gasteiger partial charge >= 0.3 is 5.97 Å². The molecule has 1 atom stereocenters. The summed E-state index contributed by atoms with van der Waals surface area (Å²) < 4.78 is 5.04. The van der Waals surface area contributed by atoms with E-state index >= 15 is 0 Å². The lowest BCUT2D eigenvalue weighted by Gasteiger charge is -2.14. The molecule has 1 unspecified atom stereocenters. The number of carboxylic acids is 1. The number of nitrogens with one attached hydrogen (secondary N) is 1. The maximum atomic E-state index is 11.6. The van der Waals surface area contributed by atoms with E-state index in [1.165, 1.54) is 0 Å². The van der Waals surface area contributed by atoms with E-state index in [1.54, 1.807) is 12.1 Å². The second kappa shape index (κ2) is 5.73. The summed E-state index contributed by atoms with van der Waals surface area (Å²) in [4.78, 5) is 22.0. The Bertz CT molecular complexity index is 465. The highest BCUT2D eigenvalue weighted by Crippen LogP contribution is 2.29. The monoisotopic (exact) mass is 263 g/mol. The molecule has 1 fully saturated rings. The molecular formula is C14H17NO4. The van der Waals surface area contributed by atoms with Crippen LogP contribution in [0.3, 0.4) is 0 Å². The van der Waals surface area contributed by atoms with E-state index in [2.05, 4.69) is 5.32 Å². The number of amides is 1. The largest absolute Gasteiger partial charge is 0.482 e. The molecule has 0 aromatic heterocycles. The van der Waals surface area contributed by atoms with Gasteiger partial charge in [-0.1, -0.05) is 12.1 Å². The highest BCUT2D eigenvalue weighted by molar-refractivity contribution is 5.81. The number of aliphatic carboxylic acids is 1. The van der Waals surface area contributed by atoms with Crippen molar-refractivity contribution in [3.8, 4) is 5.75 Å². The van der Waals surface area contributed by atoms with Crippen molar-refractivity contribution < 1.29 is 19.4 Å². The Morgan fingerprint density at radius 1 is 1.37 bits per heavy atom. The fourth-order valence-electron chi connectivity index (χ4n) is 1.76. The Morgan fingerprint density at radius 3 is 2.53 bits per heavy atom. The molecule has 0 radical (unpaired) electrons. The van der Waals surface area contributed by atoms with Crippen LogP contribution in [0.4, 0.5) is 0 Å². The van der Waals surface area contributed by atoms with Gasteiger partial charge in [0, 0.05) is 5.92 Å². The SMILES string of the molecule is CC(NC(=O)C1CC1)c1ccc(OCC(=O)O)cc1. The van der Waals surface area contributed by atoms with Gasteiger partial charge in [0.1, 0.15) is 5.75 Å². The van der Waals surface area contributed by atoms with Crippen LogP contribution in [-0.4, -0.2) is 23.6 Å². The van der Waals surface area contributed by atoms with Crippen LogP contribution < -0.4 is 10.1 Å². The van der Waals surface area contributed by atoms with Crippen molar-refractivity contribution in [3.05, 3.63) is 29.8 Å². The Hall–Kier alpha value is -2.04. The number of carboxylic acid groups (broad SMARTS) is 1. The van der Waals surface area contributed by atoms with Crippen molar-refractivity contribution in [1.29, 1.82) is 0 Å². The van der Waals surface area contributed by atoms with Gasteiger partial charge in [-0.25, -0.2) is 4.79 Å². The molecule has 0 heterocycles. The highest BCUT2D eigenvalue weighted by Gasteiger charge is 2.30. The fourth-order valence-corrected chi connectivity index (χ4v) is 1.76. The van der Waals surface area contributed by atoms with E-state index in [0.29, 0.717) is 5.75 Å². The molecule has 0 bridgehead atoms. The van der Waals surface area contributed by atoms with Crippen molar-refractivity contribution >= 4 is 11.9 Å². The average molecular weight is 263 g/mol. The molecule has 1 saturated carbocycles. The van der Waals surface area contributed by atoms with E-state index in [4.69, 9.17) is 9.84 Å². The van der Waals surface area contributed by atoms with Gasteiger partial charge < -0.3 is 15.2 Å². The summed E-state index contributed by atoms with van der Waals surface area (Å²) in [5.41, 5.74) is 0.969. The van der Waals surface area contributed by atoms with Crippen molar-refractivity contribution in [2.75, 3.05) is 6.61 Å². The molecule has 5 heteroatoms. The maximum Gasteiger partial charge on any atom is 0.341 e. The maximum absolute atomic E-state index is 11.6. The lowest BCUT2D eigenvalue weighted by atomic mass is 10.1. The predicted molar refractivity (Wildman–Crippen MR) is 68.9 cm³/mol. The first-order chi connectivity index (χ1) is 9.06. The minimum absolute atomic E-state index is 0.0541. The first-order valence-corrected chi connectivity index (χ1v) is 6.31. The third kappa shape index (κ3) is 3.98. The molecule has 0 aliphatic heterocycles. The summed E-state index contributed by atoms with van der Waals surface area (Å²) in [7, 11) is 0. The number of rotatable bonds is 6. The summed E-state index contributed by atoms with van der Waals surface area (Å²) in [5.74, 6) is -0.194. The average Bonchev–Trinajstić information content (AvgIpc) is 3.21. The number of benzene rings is 1. The second-order valence-electron chi connectivity index (χ2n) is 4.76. The van der Waals surface area contributed by atoms with Gasteiger partial charge in [-0.3, -0.25) is 4.79 Å². The Kier molecular flexibility index (Phi) is 4.04. The summed E-state index contributed by atoms with van der Waals surface area (Å²) in [6.45, 7) is 1.57. The number of hydrogen-bond acceptors (Lipinski definition) is 3. The zero-order valence-electron chi connectivity index (χ0n) is 10.8. The van der Waals surface area contributed by atoms with E-state index in [1.807, 2.05) is 19.1 Å². The molecule has 2 rings (SSSR count). The number of carbonyl (C=O) groups excluding carboxylic acids is 1. The molecule has 1 aromatic carbocycles. The molecule has 1 aliphatic carbocycles. The summed E-state index contributed by atoms with van der Waals surface area (Å²) in [5, 5.41) is 11.5. The van der Waals surface area contributed by atoms with Crippen LogP contribution >= 0.6 is 0 Å². The van der Waals surface area contributed by atoms with Crippen LogP contribution in [0.15, 0.2) is 24.3 Å². The van der Waals surface area contributed by atoms with Gasteiger partial charge in [-0.05, 0) is 37.5 Å². The molecule has 1 aromatic rings. The molecule has 19 heavy (non-hydrogen) atoms. The molecule has 1 aliphatic rings. The zero-order chi connectivity index (χ0) is 13.8. The molecule has 2 N–H and O–H groups in total. The molecule has 5 nitrogen and oxygen atoms in total. The van der Waals surface area contributed by atoms with Gasteiger partial charge in [0.15, 0.2) is 6.61 Å². The number of ether oxygens (including phenoxy) is 1. The fraction of sp³-hybridized carbons (Fsp3) is 0.429. The Labute approximate surface area is 111 Å². The smallest absolute Gasteiger partial charge is 0.341 e. The van der Waals surface area contributed by atoms with Crippen LogP contribution in [0, 0.1) is 5.92 Å².